The molecule has 37 heavy (non-hydrogen) atoms. The molecule has 13 heteroatoms. The van der Waals surface area contributed by atoms with Gasteiger partial charge in [0.2, 0.25) is 0 Å². The Morgan fingerprint density at radius 1 is 1.27 bits per heavy atom. The number of amides is 1. The molecule has 4 aliphatic rings. The number of rotatable bonds is 10. The van der Waals surface area contributed by atoms with Crippen LogP contribution in [0.5, 0.6) is 0 Å². The number of nitrogens with one attached hydrogen (secondary N) is 3. The molecule has 1 amide bonds. The Morgan fingerprint density at radius 3 is 2.73 bits per heavy atom. The summed E-state index contributed by atoms with van der Waals surface area (Å²) in [6.45, 7) is 3.49. The normalized spacial score (nSPS) is 39.7. The molecule has 13 nitrogen and oxygen atoms in total. The van der Waals surface area contributed by atoms with Gasteiger partial charge >= 0.3 is 0 Å². The summed E-state index contributed by atoms with van der Waals surface area (Å²) in [5, 5.41) is 50.1. The minimum Gasteiger partial charge on any atom is -0.468 e. The fraction of sp³-hybridized carbons (Fsp3) is 0.875. The van der Waals surface area contributed by atoms with Gasteiger partial charge < -0.3 is 61.1 Å². The van der Waals surface area contributed by atoms with E-state index in [9.17, 15) is 20.1 Å². The number of carbonyl (C=O) groups excluding carboxylic acids is 1. The zero-order valence-electron chi connectivity index (χ0n) is 21.3. The molecule has 2 saturated heterocycles. The van der Waals surface area contributed by atoms with E-state index in [0.29, 0.717) is 44.7 Å². The molecule has 0 aromatic rings. The van der Waals surface area contributed by atoms with E-state index in [1.165, 1.54) is 0 Å². The van der Waals surface area contributed by atoms with Crippen molar-refractivity contribution in [3.05, 3.63) is 11.8 Å². The molecule has 9 N–H and O–H groups in total. The number of aliphatic hydroxyl groups excluding tert-OH is 3. The minimum absolute atomic E-state index is 0.0155. The molecule has 1 saturated carbocycles. The van der Waals surface area contributed by atoms with E-state index in [-0.39, 0.29) is 32.0 Å². The molecule has 212 valence electrons. The van der Waals surface area contributed by atoms with E-state index in [0.717, 1.165) is 0 Å². The summed E-state index contributed by atoms with van der Waals surface area (Å²) in [5.74, 6) is 0.254. The van der Waals surface area contributed by atoms with Crippen LogP contribution < -0.4 is 21.7 Å². The van der Waals surface area contributed by atoms with E-state index < -0.39 is 60.6 Å². The average Bonchev–Trinajstić information content (AvgIpc) is 2.84. The first-order valence-corrected chi connectivity index (χ1v) is 13.2. The lowest BCUT2D eigenvalue weighted by atomic mass is 9.83. The highest BCUT2D eigenvalue weighted by Crippen LogP contribution is 2.31. The minimum atomic E-state index is -1.54. The Morgan fingerprint density at radius 2 is 2.05 bits per heavy atom. The van der Waals surface area contributed by atoms with Crippen molar-refractivity contribution in [2.75, 3.05) is 39.4 Å². The fourth-order valence-corrected chi connectivity index (χ4v) is 5.14. The largest absolute Gasteiger partial charge is 0.468 e. The summed E-state index contributed by atoms with van der Waals surface area (Å²) in [4.78, 5) is 12.8. The molecule has 0 radical (unpaired) electrons. The third kappa shape index (κ3) is 6.98. The second kappa shape index (κ2) is 12.6. The van der Waals surface area contributed by atoms with Gasteiger partial charge in [0, 0.05) is 32.1 Å². The second-order valence-corrected chi connectivity index (χ2v) is 10.6. The number of ether oxygens (including phenoxy) is 4. The first-order chi connectivity index (χ1) is 17.7. The Labute approximate surface area is 216 Å². The van der Waals surface area contributed by atoms with Crippen molar-refractivity contribution in [1.82, 2.24) is 16.0 Å². The molecule has 0 unspecified atom stereocenters. The van der Waals surface area contributed by atoms with Crippen LogP contribution in [0.4, 0.5) is 0 Å². The van der Waals surface area contributed by atoms with E-state index in [1.54, 1.807) is 0 Å². The van der Waals surface area contributed by atoms with Crippen molar-refractivity contribution in [2.24, 2.45) is 11.7 Å². The monoisotopic (exact) mass is 530 g/mol. The average molecular weight is 531 g/mol. The number of hydrogen-bond acceptors (Lipinski definition) is 12. The van der Waals surface area contributed by atoms with Crippen LogP contribution in [0.1, 0.15) is 32.6 Å². The number of carbonyl (C=O) groups is 1. The summed E-state index contributed by atoms with van der Waals surface area (Å²) in [6, 6.07) is -1.42. The Kier molecular flexibility index (Phi) is 9.78. The van der Waals surface area contributed by atoms with Gasteiger partial charge in [-0.2, -0.15) is 0 Å². The quantitative estimate of drug-likeness (QED) is 0.134. The molecule has 9 atom stereocenters. The number of hydrogen-bond donors (Lipinski definition) is 8. The molecule has 3 heterocycles. The van der Waals surface area contributed by atoms with Crippen molar-refractivity contribution in [3.8, 4) is 0 Å². The topological polar surface area (TPSA) is 197 Å². The van der Waals surface area contributed by atoms with Gasteiger partial charge in [0.05, 0.1) is 25.8 Å². The smallest absolute Gasteiger partial charge is 0.254 e. The lowest BCUT2D eigenvalue weighted by Crippen LogP contribution is -2.71. The van der Waals surface area contributed by atoms with E-state index >= 15 is 0 Å². The fourth-order valence-electron chi connectivity index (χ4n) is 5.14. The Balaban J connectivity index is 1.44. The van der Waals surface area contributed by atoms with Crippen molar-refractivity contribution in [1.29, 1.82) is 0 Å². The van der Waals surface area contributed by atoms with Gasteiger partial charge in [0.15, 0.2) is 18.2 Å². The first-order valence-electron chi connectivity index (χ1n) is 13.2. The van der Waals surface area contributed by atoms with Gasteiger partial charge in [-0.05, 0) is 31.3 Å². The van der Waals surface area contributed by atoms with Gasteiger partial charge in [-0.25, -0.2) is 0 Å². The summed E-state index contributed by atoms with van der Waals surface area (Å²) in [5.41, 5.74) is 4.89. The Hall–Kier alpha value is -1.39. The van der Waals surface area contributed by atoms with Crippen LogP contribution >= 0.6 is 0 Å². The molecule has 0 aromatic heterocycles. The molecule has 1 aliphatic carbocycles. The van der Waals surface area contributed by atoms with Crippen molar-refractivity contribution in [3.63, 3.8) is 0 Å². The summed E-state index contributed by atoms with van der Waals surface area (Å²) >= 11 is 0. The van der Waals surface area contributed by atoms with E-state index in [1.807, 2.05) is 13.0 Å². The summed E-state index contributed by atoms with van der Waals surface area (Å²) in [7, 11) is 0. The molecule has 4 rings (SSSR count). The lowest BCUT2D eigenvalue weighted by molar-refractivity contribution is -0.282. The van der Waals surface area contributed by atoms with Crippen LogP contribution in [-0.2, 0) is 23.7 Å². The maximum absolute atomic E-state index is 12.8. The number of aliphatic hydroxyl groups is 4. The maximum Gasteiger partial charge on any atom is 0.254 e. The van der Waals surface area contributed by atoms with Crippen LogP contribution in [0.25, 0.3) is 0 Å². The van der Waals surface area contributed by atoms with E-state index in [4.69, 9.17) is 29.8 Å². The zero-order valence-corrected chi connectivity index (χ0v) is 21.3. The first kappa shape index (κ1) is 28.6. The van der Waals surface area contributed by atoms with E-state index in [2.05, 4.69) is 16.0 Å². The summed E-state index contributed by atoms with van der Waals surface area (Å²) in [6.07, 6.45) is -1.79. The predicted octanol–water partition coefficient (Wildman–Crippen LogP) is -2.99. The third-order valence-corrected chi connectivity index (χ3v) is 7.34. The highest BCUT2D eigenvalue weighted by molar-refractivity contribution is 5.87. The number of nitrogens with two attached hydrogens (primary N) is 1. The number of allylic oxidation sites excluding steroid dienone is 1. The standard InChI is InChI=1S/C24H42N4O9/c1-13-7-17(30)22(34-10-13)37-21-16(28-23(32)24(33)11-27-12-24)8-15(25)20(19(21)31)36-18-4-2-3-14(35-18)9-26-5-6-29/h3,13,15-22,26-27,29-31,33H,2,4-12,25H2,1H3,(H,28,32)/t13-,15-,16+,17+,18+,19-,20+,21-,22+/m0/s1. The third-order valence-electron chi connectivity index (χ3n) is 7.34. The SMILES string of the molecule is C[C@@H]1CO[C@H](O[C@@H]2[C@@H](O)[C@H](O[C@@H]3CCC=C(CNCCO)O3)[C@@H](N)C[C@H]2NC(=O)C2(O)CNC2)[C@H](O)C1. The van der Waals surface area contributed by atoms with Crippen LogP contribution in [0, 0.1) is 5.92 Å². The van der Waals surface area contributed by atoms with Gasteiger partial charge in [0.25, 0.3) is 5.91 Å². The number of β-amino-alcohol motifs (C(OH)–C–C–N with tert-alkyl or cyclic N) is 1. The molecule has 0 spiro atoms. The van der Waals surface area contributed by atoms with Crippen LogP contribution in [0.15, 0.2) is 11.8 Å². The van der Waals surface area contributed by atoms with Crippen molar-refractivity contribution >= 4 is 5.91 Å². The molecule has 0 aromatic carbocycles. The maximum atomic E-state index is 12.8. The highest BCUT2D eigenvalue weighted by Gasteiger charge is 2.50. The van der Waals surface area contributed by atoms with Crippen molar-refractivity contribution < 1.29 is 44.2 Å². The van der Waals surface area contributed by atoms with Gasteiger partial charge in [-0.15, -0.1) is 0 Å². The van der Waals surface area contributed by atoms with Crippen LogP contribution in [-0.4, -0.2) is 120 Å². The van der Waals surface area contributed by atoms with Crippen molar-refractivity contribution in [2.45, 2.75) is 87.3 Å². The Bertz CT molecular complexity index is 798. The zero-order chi connectivity index (χ0) is 26.6. The molecule has 0 bridgehead atoms. The van der Waals surface area contributed by atoms with Gasteiger partial charge in [-0.1, -0.05) is 6.92 Å². The molecule has 3 aliphatic heterocycles. The lowest BCUT2D eigenvalue weighted by Gasteiger charge is -2.47. The van der Waals surface area contributed by atoms with Crippen LogP contribution in [0.3, 0.4) is 0 Å². The highest BCUT2D eigenvalue weighted by atomic mass is 16.7. The summed E-state index contributed by atoms with van der Waals surface area (Å²) < 4.78 is 23.8. The predicted molar refractivity (Wildman–Crippen MR) is 130 cm³/mol. The van der Waals surface area contributed by atoms with Gasteiger partial charge in [-0.3, -0.25) is 4.79 Å². The second-order valence-electron chi connectivity index (χ2n) is 10.6. The molecule has 3 fully saturated rings. The molecular formula is C24H42N4O9. The van der Waals surface area contributed by atoms with Gasteiger partial charge in [0.1, 0.15) is 30.2 Å². The van der Waals surface area contributed by atoms with Crippen LogP contribution in [0.2, 0.25) is 0 Å². The molecular weight excluding hydrogens is 488 g/mol.